The number of amides is 2. The van der Waals surface area contributed by atoms with Crippen molar-refractivity contribution < 1.29 is 27.1 Å². The van der Waals surface area contributed by atoms with Gasteiger partial charge in [-0.1, -0.05) is 79.4 Å². The Bertz CT molecular complexity index is 1780. The fourth-order valence-corrected chi connectivity index (χ4v) is 7.45. The molecule has 1 N–H and O–H groups in total. The molecule has 0 heterocycles. The van der Waals surface area contributed by atoms with Crippen molar-refractivity contribution in [3.63, 3.8) is 0 Å². The number of carbonyl (C=O) groups is 2. The molecule has 1 saturated carbocycles. The molecule has 5 rings (SSSR count). The SMILES string of the molecule is COc1cccc(CN(C(=O)CN(c2ccc(F)cc2)S(=O)(=O)c2ccc(C)cc2)[C@@H](Cc2ccccc2)C(=O)NC2CCCCC2)c1. The molecule has 252 valence electrons. The minimum atomic E-state index is -4.28. The Morgan fingerprint density at radius 2 is 1.54 bits per heavy atom. The molecule has 4 aromatic rings. The molecule has 0 spiro atoms. The highest BCUT2D eigenvalue weighted by molar-refractivity contribution is 7.92. The second kappa shape index (κ2) is 15.9. The zero-order chi connectivity index (χ0) is 34.1. The van der Waals surface area contributed by atoms with E-state index in [9.17, 15) is 22.4 Å². The van der Waals surface area contributed by atoms with Crippen molar-refractivity contribution in [1.82, 2.24) is 10.2 Å². The average Bonchev–Trinajstić information content (AvgIpc) is 3.10. The van der Waals surface area contributed by atoms with E-state index < -0.39 is 34.3 Å². The molecule has 1 atom stereocenters. The molecule has 1 fully saturated rings. The number of hydrogen-bond donors (Lipinski definition) is 1. The first-order valence-electron chi connectivity index (χ1n) is 16.3. The van der Waals surface area contributed by atoms with Crippen molar-refractivity contribution >= 4 is 27.5 Å². The smallest absolute Gasteiger partial charge is 0.264 e. The minimum Gasteiger partial charge on any atom is -0.497 e. The Kier molecular flexibility index (Phi) is 11.5. The largest absolute Gasteiger partial charge is 0.497 e. The van der Waals surface area contributed by atoms with Crippen LogP contribution in [0.5, 0.6) is 5.75 Å². The van der Waals surface area contributed by atoms with E-state index in [2.05, 4.69) is 5.32 Å². The van der Waals surface area contributed by atoms with E-state index in [1.807, 2.05) is 43.3 Å². The summed E-state index contributed by atoms with van der Waals surface area (Å²) in [5.74, 6) is -0.838. The number of carbonyl (C=O) groups excluding carboxylic acids is 2. The van der Waals surface area contributed by atoms with Gasteiger partial charge in [0.2, 0.25) is 11.8 Å². The predicted octanol–water partition coefficient (Wildman–Crippen LogP) is 6.43. The molecule has 0 saturated heterocycles. The Morgan fingerprint density at radius 3 is 2.21 bits per heavy atom. The maximum Gasteiger partial charge on any atom is 0.264 e. The van der Waals surface area contributed by atoms with Crippen molar-refractivity contribution in [2.24, 2.45) is 0 Å². The quantitative estimate of drug-likeness (QED) is 0.177. The molecular formula is C38H42FN3O5S. The number of anilines is 1. The summed E-state index contributed by atoms with van der Waals surface area (Å²) in [4.78, 5) is 30.3. The van der Waals surface area contributed by atoms with Crippen molar-refractivity contribution in [2.45, 2.75) is 69.0 Å². The van der Waals surface area contributed by atoms with Gasteiger partial charge in [-0.15, -0.1) is 0 Å². The van der Waals surface area contributed by atoms with Crippen molar-refractivity contribution in [2.75, 3.05) is 18.0 Å². The van der Waals surface area contributed by atoms with Gasteiger partial charge in [0.25, 0.3) is 10.0 Å². The van der Waals surface area contributed by atoms with E-state index in [4.69, 9.17) is 4.74 Å². The van der Waals surface area contributed by atoms with Crippen molar-refractivity contribution in [3.8, 4) is 5.75 Å². The van der Waals surface area contributed by atoms with Crippen LogP contribution in [0.1, 0.15) is 48.8 Å². The van der Waals surface area contributed by atoms with E-state index in [0.29, 0.717) is 11.3 Å². The van der Waals surface area contributed by atoms with Gasteiger partial charge in [-0.05, 0) is 79.4 Å². The summed E-state index contributed by atoms with van der Waals surface area (Å²) in [6, 6.07) is 27.0. The molecule has 0 unspecified atom stereocenters. The van der Waals surface area contributed by atoms with Gasteiger partial charge in [-0.25, -0.2) is 12.8 Å². The molecule has 0 aliphatic heterocycles. The Labute approximate surface area is 282 Å². The summed E-state index contributed by atoms with van der Waals surface area (Å²) in [6.07, 6.45) is 5.10. The van der Waals surface area contributed by atoms with Crippen molar-refractivity contribution in [1.29, 1.82) is 0 Å². The number of rotatable bonds is 13. The highest BCUT2D eigenvalue weighted by atomic mass is 32.2. The van der Waals surface area contributed by atoms with Gasteiger partial charge in [-0.3, -0.25) is 13.9 Å². The number of nitrogens with one attached hydrogen (secondary N) is 1. The number of sulfonamides is 1. The summed E-state index contributed by atoms with van der Waals surface area (Å²) in [5.41, 5.74) is 2.56. The van der Waals surface area contributed by atoms with E-state index in [0.717, 1.165) is 59.7 Å². The van der Waals surface area contributed by atoms with Gasteiger partial charge in [0.05, 0.1) is 17.7 Å². The number of nitrogens with zero attached hydrogens (tertiary/aromatic N) is 2. The highest BCUT2D eigenvalue weighted by Crippen LogP contribution is 2.26. The average molecular weight is 672 g/mol. The molecule has 8 nitrogen and oxygen atoms in total. The number of ether oxygens (including phenoxy) is 1. The van der Waals surface area contributed by atoms with Crippen LogP contribution in [0.3, 0.4) is 0 Å². The van der Waals surface area contributed by atoms with E-state index in [1.165, 1.54) is 29.2 Å². The first-order chi connectivity index (χ1) is 23.1. The van der Waals surface area contributed by atoms with Gasteiger partial charge in [0.15, 0.2) is 0 Å². The third kappa shape index (κ3) is 8.80. The minimum absolute atomic E-state index is 0.00377. The molecule has 0 radical (unpaired) electrons. The lowest BCUT2D eigenvalue weighted by atomic mass is 9.94. The fraction of sp³-hybridized carbons (Fsp3) is 0.316. The van der Waals surface area contributed by atoms with Crippen LogP contribution in [0, 0.1) is 12.7 Å². The summed E-state index contributed by atoms with van der Waals surface area (Å²) < 4.78 is 48.7. The maximum absolute atomic E-state index is 14.6. The van der Waals surface area contributed by atoms with E-state index >= 15 is 0 Å². The Morgan fingerprint density at radius 1 is 0.875 bits per heavy atom. The lowest BCUT2D eigenvalue weighted by molar-refractivity contribution is -0.140. The maximum atomic E-state index is 14.6. The first-order valence-corrected chi connectivity index (χ1v) is 17.7. The fourth-order valence-electron chi connectivity index (χ4n) is 6.04. The molecule has 10 heteroatoms. The molecule has 0 aromatic heterocycles. The molecule has 4 aromatic carbocycles. The third-order valence-corrected chi connectivity index (χ3v) is 10.5. The van der Waals surface area contributed by atoms with Gasteiger partial charge in [0.1, 0.15) is 24.2 Å². The zero-order valence-corrected chi connectivity index (χ0v) is 28.2. The summed E-state index contributed by atoms with van der Waals surface area (Å²) >= 11 is 0. The standard InChI is InChI=1S/C38H42FN3O5S/c1-28-16-22-35(23-17-28)48(45,46)42(33-20-18-31(39)19-21-33)27-37(43)41(26-30-12-9-15-34(24-30)47-2)36(25-29-10-5-3-6-11-29)38(44)40-32-13-7-4-8-14-32/h3,5-6,9-12,15-24,32,36H,4,7-8,13-14,25-27H2,1-2H3,(H,40,44)/t36-/m0/s1. The van der Waals surface area contributed by atoms with Gasteiger partial charge in [-0.2, -0.15) is 0 Å². The number of aryl methyl sites for hydroxylation is 1. The van der Waals surface area contributed by atoms with Gasteiger partial charge >= 0.3 is 0 Å². The molecule has 1 aliphatic carbocycles. The number of benzene rings is 4. The molecule has 1 aliphatic rings. The van der Waals surface area contributed by atoms with Crippen molar-refractivity contribution in [3.05, 3.63) is 126 Å². The van der Waals surface area contributed by atoms with Crippen LogP contribution in [-0.4, -0.2) is 50.9 Å². The van der Waals surface area contributed by atoms with Crippen LogP contribution in [0.4, 0.5) is 10.1 Å². The summed E-state index contributed by atoms with van der Waals surface area (Å²) in [5, 5.41) is 3.20. The monoisotopic (exact) mass is 671 g/mol. The molecule has 48 heavy (non-hydrogen) atoms. The topological polar surface area (TPSA) is 96.0 Å². The molecule has 2 amide bonds. The lowest BCUT2D eigenvalue weighted by Crippen LogP contribution is -2.55. The van der Waals surface area contributed by atoms with Crippen LogP contribution in [0.25, 0.3) is 0 Å². The Balaban J connectivity index is 1.57. The van der Waals surface area contributed by atoms with Gasteiger partial charge in [0, 0.05) is 19.0 Å². The number of halogens is 1. The molecular weight excluding hydrogens is 629 g/mol. The summed E-state index contributed by atoms with van der Waals surface area (Å²) in [6.45, 7) is 1.25. The van der Waals surface area contributed by atoms with Gasteiger partial charge < -0.3 is 15.0 Å². The molecule has 0 bridgehead atoms. The van der Waals surface area contributed by atoms with Crippen LogP contribution in [-0.2, 0) is 32.6 Å². The lowest BCUT2D eigenvalue weighted by Gasteiger charge is -2.35. The van der Waals surface area contributed by atoms with E-state index in [1.54, 1.807) is 37.4 Å². The predicted molar refractivity (Wildman–Crippen MR) is 185 cm³/mol. The first kappa shape index (κ1) is 34.6. The number of methoxy groups -OCH3 is 1. The second-order valence-corrected chi connectivity index (χ2v) is 14.1. The number of hydrogen-bond acceptors (Lipinski definition) is 5. The normalized spacial score (nSPS) is 14.1. The highest BCUT2D eigenvalue weighted by Gasteiger charge is 2.35. The zero-order valence-electron chi connectivity index (χ0n) is 27.3. The second-order valence-electron chi connectivity index (χ2n) is 12.2. The van der Waals surface area contributed by atoms with Crippen LogP contribution in [0.2, 0.25) is 0 Å². The van der Waals surface area contributed by atoms with Crippen LogP contribution in [0.15, 0.2) is 108 Å². The Hall–Kier alpha value is -4.70. The third-order valence-electron chi connectivity index (χ3n) is 8.71. The van der Waals surface area contributed by atoms with Crippen LogP contribution < -0.4 is 14.4 Å². The van der Waals surface area contributed by atoms with E-state index in [-0.39, 0.29) is 35.5 Å². The summed E-state index contributed by atoms with van der Waals surface area (Å²) in [7, 11) is -2.73. The van der Waals surface area contributed by atoms with Crippen LogP contribution >= 0.6 is 0 Å².